The molecule has 0 unspecified atom stereocenters. The number of hydrogen-bond acceptors (Lipinski definition) is 0. The van der Waals surface area contributed by atoms with Crippen molar-refractivity contribution in [1.29, 1.82) is 0 Å². The summed E-state index contributed by atoms with van der Waals surface area (Å²) in [5, 5.41) is 0. The minimum absolute atomic E-state index is 0.611. The number of fused-ring (bicyclic) bond motifs is 3. The van der Waals surface area contributed by atoms with Crippen molar-refractivity contribution in [2.45, 2.75) is 19.0 Å². The largest absolute Gasteiger partial charge is 0.416 e. The maximum atomic E-state index is 13.0. The van der Waals surface area contributed by atoms with Crippen LogP contribution in [-0.4, -0.2) is 0 Å². The van der Waals surface area contributed by atoms with Crippen molar-refractivity contribution in [2.75, 3.05) is 0 Å². The molecule has 138 valence electrons. The third-order valence-corrected chi connectivity index (χ3v) is 5.62. The summed E-state index contributed by atoms with van der Waals surface area (Å²) in [6.45, 7) is 0. The average Bonchev–Trinajstić information content (AvgIpc) is 3.26. The molecular formula is C25H17F3. The topological polar surface area (TPSA) is 0 Å². The summed E-state index contributed by atoms with van der Waals surface area (Å²) < 4.78 is 38.9. The predicted octanol–water partition coefficient (Wildman–Crippen LogP) is 7.23. The summed E-state index contributed by atoms with van der Waals surface area (Å²) in [5.74, 6) is 0. The molecular weight excluding hydrogens is 357 g/mol. The Balaban J connectivity index is 1.71. The highest BCUT2D eigenvalue weighted by Gasteiger charge is 2.34. The van der Waals surface area contributed by atoms with Crippen LogP contribution in [0.15, 0.2) is 84.4 Å². The Hall–Kier alpha value is -3.07. The molecule has 2 aliphatic carbocycles. The van der Waals surface area contributed by atoms with Crippen molar-refractivity contribution < 1.29 is 13.2 Å². The second-order valence-electron chi connectivity index (χ2n) is 7.19. The number of benzene rings is 3. The number of hydrogen-bond donors (Lipinski definition) is 0. The zero-order chi connectivity index (χ0) is 19.3. The van der Waals surface area contributed by atoms with Gasteiger partial charge < -0.3 is 0 Å². The third-order valence-electron chi connectivity index (χ3n) is 5.62. The summed E-state index contributed by atoms with van der Waals surface area (Å²) in [6, 6.07) is 24.1. The fourth-order valence-corrected chi connectivity index (χ4v) is 4.42. The van der Waals surface area contributed by atoms with E-state index in [1.165, 1.54) is 40.0 Å². The molecule has 2 aliphatic rings. The van der Waals surface area contributed by atoms with E-state index in [0.29, 0.717) is 0 Å². The Morgan fingerprint density at radius 1 is 0.536 bits per heavy atom. The lowest BCUT2D eigenvalue weighted by atomic mass is 9.94. The SMILES string of the molecule is FC(F)(F)c1ccc(C2=C3CCC(c4ccccc4)=C3c3ccccc32)cc1. The van der Waals surface area contributed by atoms with Gasteiger partial charge in [0.05, 0.1) is 5.56 Å². The fourth-order valence-electron chi connectivity index (χ4n) is 4.42. The van der Waals surface area contributed by atoms with E-state index in [1.54, 1.807) is 12.1 Å². The van der Waals surface area contributed by atoms with Crippen molar-refractivity contribution in [3.63, 3.8) is 0 Å². The first-order chi connectivity index (χ1) is 13.5. The Labute approximate surface area is 161 Å². The molecule has 0 bridgehead atoms. The Morgan fingerprint density at radius 3 is 1.75 bits per heavy atom. The normalized spacial score (nSPS) is 15.8. The molecule has 0 aromatic heterocycles. The van der Waals surface area contributed by atoms with Crippen LogP contribution in [0.4, 0.5) is 13.2 Å². The molecule has 3 aromatic carbocycles. The van der Waals surface area contributed by atoms with Gasteiger partial charge in [-0.3, -0.25) is 0 Å². The van der Waals surface area contributed by atoms with E-state index in [4.69, 9.17) is 0 Å². The van der Waals surface area contributed by atoms with Gasteiger partial charge in [0.2, 0.25) is 0 Å². The molecule has 0 saturated heterocycles. The molecule has 0 N–H and O–H groups in total. The van der Waals surface area contributed by atoms with E-state index >= 15 is 0 Å². The van der Waals surface area contributed by atoms with Crippen LogP contribution in [0, 0.1) is 0 Å². The van der Waals surface area contributed by atoms with Crippen LogP contribution in [-0.2, 0) is 6.18 Å². The molecule has 0 saturated carbocycles. The molecule has 28 heavy (non-hydrogen) atoms. The van der Waals surface area contributed by atoms with E-state index in [9.17, 15) is 13.2 Å². The van der Waals surface area contributed by atoms with E-state index < -0.39 is 11.7 Å². The van der Waals surface area contributed by atoms with Crippen LogP contribution < -0.4 is 0 Å². The molecule has 0 heterocycles. The maximum Gasteiger partial charge on any atom is 0.416 e. The molecule has 0 radical (unpaired) electrons. The summed E-state index contributed by atoms with van der Waals surface area (Å²) in [6.07, 6.45) is -2.46. The molecule has 0 amide bonds. The molecule has 0 spiro atoms. The Bertz CT molecular complexity index is 1110. The average molecular weight is 374 g/mol. The summed E-state index contributed by atoms with van der Waals surface area (Å²) >= 11 is 0. The van der Waals surface area contributed by atoms with Gasteiger partial charge in [0.1, 0.15) is 0 Å². The summed E-state index contributed by atoms with van der Waals surface area (Å²) in [5.41, 5.74) is 8.66. The van der Waals surface area contributed by atoms with Crippen molar-refractivity contribution >= 4 is 16.7 Å². The van der Waals surface area contributed by atoms with Crippen molar-refractivity contribution in [1.82, 2.24) is 0 Å². The van der Waals surface area contributed by atoms with Crippen molar-refractivity contribution in [3.8, 4) is 0 Å². The first-order valence-corrected chi connectivity index (χ1v) is 9.33. The second kappa shape index (κ2) is 6.23. The standard InChI is InChI=1S/C25H17F3/c26-25(27,28)18-12-10-17(11-13-18)23-20-8-4-5-9-21(20)24-19(14-15-22(23)24)16-6-2-1-3-7-16/h1-13H,14-15H2. The quantitative estimate of drug-likeness (QED) is 0.444. The van der Waals surface area contributed by atoms with Crippen LogP contribution in [0.5, 0.6) is 0 Å². The molecule has 0 aliphatic heterocycles. The lowest BCUT2D eigenvalue weighted by Gasteiger charge is -2.11. The highest BCUT2D eigenvalue weighted by molar-refractivity contribution is 6.14. The van der Waals surface area contributed by atoms with Gasteiger partial charge in [-0.05, 0) is 69.5 Å². The zero-order valence-electron chi connectivity index (χ0n) is 15.1. The number of halogens is 3. The first kappa shape index (κ1) is 17.1. The molecule has 3 heteroatoms. The maximum absolute atomic E-state index is 13.0. The Morgan fingerprint density at radius 2 is 1.11 bits per heavy atom. The van der Waals surface area contributed by atoms with Gasteiger partial charge in [-0.25, -0.2) is 0 Å². The van der Waals surface area contributed by atoms with Crippen molar-refractivity contribution in [3.05, 3.63) is 112 Å². The molecule has 0 fully saturated rings. The van der Waals surface area contributed by atoms with Gasteiger partial charge in [-0.15, -0.1) is 0 Å². The lowest BCUT2D eigenvalue weighted by Crippen LogP contribution is -2.04. The third kappa shape index (κ3) is 2.62. The van der Waals surface area contributed by atoms with Gasteiger partial charge in [-0.2, -0.15) is 13.2 Å². The minimum Gasteiger partial charge on any atom is -0.166 e. The summed E-state index contributed by atoms with van der Waals surface area (Å²) in [7, 11) is 0. The van der Waals surface area contributed by atoms with Crippen LogP contribution >= 0.6 is 0 Å². The number of alkyl halides is 3. The predicted molar refractivity (Wildman–Crippen MR) is 106 cm³/mol. The van der Waals surface area contributed by atoms with Gasteiger partial charge >= 0.3 is 6.18 Å². The van der Waals surface area contributed by atoms with E-state index in [2.05, 4.69) is 24.3 Å². The highest BCUT2D eigenvalue weighted by atomic mass is 19.4. The van der Waals surface area contributed by atoms with Crippen LogP contribution in [0.25, 0.3) is 16.7 Å². The van der Waals surface area contributed by atoms with E-state index in [-0.39, 0.29) is 0 Å². The van der Waals surface area contributed by atoms with Gasteiger partial charge in [0.15, 0.2) is 0 Å². The fraction of sp³-hybridized carbons (Fsp3) is 0.120. The highest BCUT2D eigenvalue weighted by Crippen LogP contribution is 2.54. The smallest absolute Gasteiger partial charge is 0.166 e. The minimum atomic E-state index is -4.32. The second-order valence-corrected chi connectivity index (χ2v) is 7.19. The molecule has 0 nitrogen and oxygen atoms in total. The monoisotopic (exact) mass is 374 g/mol. The molecule has 5 rings (SSSR count). The first-order valence-electron chi connectivity index (χ1n) is 9.33. The van der Waals surface area contributed by atoms with Gasteiger partial charge in [0.25, 0.3) is 0 Å². The van der Waals surface area contributed by atoms with Crippen molar-refractivity contribution in [2.24, 2.45) is 0 Å². The van der Waals surface area contributed by atoms with E-state index in [1.807, 2.05) is 30.3 Å². The van der Waals surface area contributed by atoms with Crippen LogP contribution in [0.2, 0.25) is 0 Å². The molecule has 0 atom stereocenters. The van der Waals surface area contributed by atoms with Crippen LogP contribution in [0.3, 0.4) is 0 Å². The van der Waals surface area contributed by atoms with Gasteiger partial charge in [0, 0.05) is 0 Å². The van der Waals surface area contributed by atoms with E-state index in [0.717, 1.165) is 29.5 Å². The zero-order valence-corrected chi connectivity index (χ0v) is 15.1. The lowest BCUT2D eigenvalue weighted by molar-refractivity contribution is -0.137. The Kier molecular flexibility index (Phi) is 3.80. The van der Waals surface area contributed by atoms with Gasteiger partial charge in [-0.1, -0.05) is 66.7 Å². The summed E-state index contributed by atoms with van der Waals surface area (Å²) in [4.78, 5) is 0. The van der Waals surface area contributed by atoms with Crippen LogP contribution in [0.1, 0.15) is 40.7 Å². The number of rotatable bonds is 2. The molecule has 3 aromatic rings. The number of allylic oxidation sites excluding steroid dienone is 3.